The van der Waals surface area contributed by atoms with Gasteiger partial charge in [0.25, 0.3) is 5.56 Å². The zero-order chi connectivity index (χ0) is 33.2. The number of hydrogen-bond acceptors (Lipinski definition) is 5. The third kappa shape index (κ3) is 6.90. The van der Waals surface area contributed by atoms with Gasteiger partial charge in [-0.15, -0.1) is 0 Å². The van der Waals surface area contributed by atoms with Crippen LogP contribution in [0.4, 0.5) is 13.2 Å². The first-order chi connectivity index (χ1) is 21.8. The molecule has 3 aromatic carbocycles. The Balaban J connectivity index is 1.55. The zero-order valence-electron chi connectivity index (χ0n) is 26.0. The SMILES string of the molecule is Cc1ccc(Cn2c(-c3cccc(-c4ccc5cc(C(=O)OCCCN(C)C)[nH]c5c4)c3)cc(C(F)(F)F)c(C#N)c2=O)c(C)c1. The molecule has 2 aromatic heterocycles. The number of carbonyl (C=O) groups is 1. The summed E-state index contributed by atoms with van der Waals surface area (Å²) in [6, 6.07) is 22.1. The van der Waals surface area contributed by atoms with Crippen molar-refractivity contribution in [2.75, 3.05) is 27.2 Å². The number of rotatable bonds is 9. The first-order valence-electron chi connectivity index (χ1n) is 14.7. The second-order valence-corrected chi connectivity index (χ2v) is 11.6. The van der Waals surface area contributed by atoms with E-state index >= 15 is 0 Å². The van der Waals surface area contributed by atoms with Crippen LogP contribution >= 0.6 is 0 Å². The summed E-state index contributed by atoms with van der Waals surface area (Å²) in [5.74, 6) is -0.457. The van der Waals surface area contributed by atoms with Gasteiger partial charge in [-0.25, -0.2) is 4.79 Å². The van der Waals surface area contributed by atoms with Crippen LogP contribution in [0.5, 0.6) is 0 Å². The number of benzene rings is 3. The molecule has 7 nitrogen and oxygen atoms in total. The molecule has 5 rings (SSSR count). The number of H-pyrrole nitrogens is 1. The Morgan fingerprint density at radius 2 is 1.72 bits per heavy atom. The van der Waals surface area contributed by atoms with Gasteiger partial charge in [0.15, 0.2) is 0 Å². The summed E-state index contributed by atoms with van der Waals surface area (Å²) < 4.78 is 49.0. The van der Waals surface area contributed by atoms with Gasteiger partial charge in [0, 0.05) is 17.4 Å². The molecule has 0 atom stereocenters. The van der Waals surface area contributed by atoms with E-state index in [0.29, 0.717) is 35.4 Å². The van der Waals surface area contributed by atoms with Crippen LogP contribution in [0.1, 0.15) is 44.7 Å². The molecule has 0 unspecified atom stereocenters. The van der Waals surface area contributed by atoms with Crippen molar-refractivity contribution in [1.82, 2.24) is 14.5 Å². The van der Waals surface area contributed by atoms with E-state index < -0.39 is 28.8 Å². The Morgan fingerprint density at radius 3 is 2.41 bits per heavy atom. The Hall–Kier alpha value is -5.14. The van der Waals surface area contributed by atoms with Gasteiger partial charge >= 0.3 is 12.1 Å². The standard InChI is InChI=1S/C36H33F3N4O3/c1-22-9-10-28(23(2)15-22)21-43-33(19-30(36(37,38)39)29(20-40)34(43)44)27-8-5-7-24(16-27)25-11-12-26-18-32(41-31(26)17-25)35(45)46-14-6-13-42(3)4/h5,7-12,15-19,41H,6,13-14,21H2,1-4H3. The van der Waals surface area contributed by atoms with Gasteiger partial charge in [-0.1, -0.05) is 54.1 Å². The molecule has 46 heavy (non-hydrogen) atoms. The molecule has 0 fully saturated rings. The minimum atomic E-state index is -4.90. The summed E-state index contributed by atoms with van der Waals surface area (Å²) >= 11 is 0. The summed E-state index contributed by atoms with van der Waals surface area (Å²) in [5.41, 5.74) is 2.26. The van der Waals surface area contributed by atoms with Gasteiger partial charge < -0.3 is 19.2 Å². The molecule has 5 aromatic rings. The molecule has 236 valence electrons. The number of aromatic nitrogens is 2. The van der Waals surface area contributed by atoms with Crippen LogP contribution < -0.4 is 5.56 Å². The molecule has 0 radical (unpaired) electrons. The molecular weight excluding hydrogens is 593 g/mol. The molecule has 1 N–H and O–H groups in total. The fourth-order valence-corrected chi connectivity index (χ4v) is 5.47. The lowest BCUT2D eigenvalue weighted by atomic mass is 9.98. The van der Waals surface area contributed by atoms with Gasteiger partial charge in [0.05, 0.1) is 24.4 Å². The first kappa shape index (κ1) is 32.3. The number of alkyl halides is 3. The number of nitrogens with zero attached hydrogens (tertiary/aromatic N) is 3. The maximum absolute atomic E-state index is 14.1. The average molecular weight is 627 g/mol. The Labute approximate surface area is 264 Å². The number of carbonyl (C=O) groups excluding carboxylic acids is 1. The van der Waals surface area contributed by atoms with E-state index in [2.05, 4.69) is 4.98 Å². The lowest BCUT2D eigenvalue weighted by Crippen LogP contribution is -2.29. The van der Waals surface area contributed by atoms with E-state index in [1.165, 1.54) is 10.6 Å². The van der Waals surface area contributed by atoms with Crippen molar-refractivity contribution in [3.8, 4) is 28.5 Å². The second-order valence-electron chi connectivity index (χ2n) is 11.6. The average Bonchev–Trinajstić information content (AvgIpc) is 3.44. The third-order valence-corrected chi connectivity index (χ3v) is 7.86. The Kier molecular flexibility index (Phi) is 9.17. The van der Waals surface area contributed by atoms with Crippen molar-refractivity contribution in [2.24, 2.45) is 0 Å². The number of halogens is 3. The molecule has 0 spiro atoms. The van der Waals surface area contributed by atoms with Gasteiger partial charge in [-0.05, 0) is 86.4 Å². The smallest absolute Gasteiger partial charge is 0.417 e. The van der Waals surface area contributed by atoms with Crippen molar-refractivity contribution in [3.63, 3.8) is 0 Å². The Bertz CT molecular complexity index is 2030. The van der Waals surface area contributed by atoms with E-state index in [-0.39, 0.29) is 12.2 Å². The van der Waals surface area contributed by atoms with Crippen LogP contribution in [-0.4, -0.2) is 47.7 Å². The van der Waals surface area contributed by atoms with E-state index in [4.69, 9.17) is 4.74 Å². The highest BCUT2D eigenvalue weighted by molar-refractivity contribution is 5.96. The summed E-state index contributed by atoms with van der Waals surface area (Å²) in [5, 5.41) is 10.4. The minimum Gasteiger partial charge on any atom is -0.461 e. The maximum Gasteiger partial charge on any atom is 0.417 e. The van der Waals surface area contributed by atoms with Crippen LogP contribution in [0.15, 0.2) is 77.6 Å². The van der Waals surface area contributed by atoms with Gasteiger partial charge in [-0.2, -0.15) is 18.4 Å². The number of pyridine rings is 1. The number of nitrogens with one attached hydrogen (secondary N) is 1. The number of ether oxygens (including phenoxy) is 1. The first-order valence-corrected chi connectivity index (χ1v) is 14.7. The van der Waals surface area contributed by atoms with Gasteiger partial charge in [0.2, 0.25) is 0 Å². The van der Waals surface area contributed by atoms with E-state index in [1.54, 1.807) is 24.3 Å². The number of hydrogen-bond donors (Lipinski definition) is 1. The van der Waals surface area contributed by atoms with E-state index in [9.17, 15) is 28.0 Å². The highest BCUT2D eigenvalue weighted by Gasteiger charge is 2.36. The van der Waals surface area contributed by atoms with Crippen molar-refractivity contribution >= 4 is 16.9 Å². The van der Waals surface area contributed by atoms with Gasteiger partial charge in [-0.3, -0.25) is 4.79 Å². The summed E-state index contributed by atoms with van der Waals surface area (Å²) in [6.45, 7) is 4.88. The number of esters is 1. The summed E-state index contributed by atoms with van der Waals surface area (Å²) in [6.07, 6.45) is -4.19. The fourth-order valence-electron chi connectivity index (χ4n) is 5.47. The van der Waals surface area contributed by atoms with Crippen molar-refractivity contribution in [1.29, 1.82) is 5.26 Å². The van der Waals surface area contributed by atoms with E-state index in [0.717, 1.165) is 40.3 Å². The van der Waals surface area contributed by atoms with Crippen LogP contribution in [0.2, 0.25) is 0 Å². The maximum atomic E-state index is 14.1. The summed E-state index contributed by atoms with van der Waals surface area (Å²) in [7, 11) is 3.89. The lowest BCUT2D eigenvalue weighted by Gasteiger charge is -2.19. The van der Waals surface area contributed by atoms with Crippen molar-refractivity contribution in [2.45, 2.75) is 33.0 Å². The minimum absolute atomic E-state index is 0.0141. The van der Waals surface area contributed by atoms with Crippen molar-refractivity contribution in [3.05, 3.63) is 117 Å². The predicted molar refractivity (Wildman–Crippen MR) is 172 cm³/mol. The topological polar surface area (TPSA) is 91.1 Å². The normalized spacial score (nSPS) is 11.6. The number of aryl methyl sites for hydroxylation is 2. The molecule has 0 aliphatic carbocycles. The van der Waals surface area contributed by atoms with Crippen LogP contribution in [-0.2, 0) is 17.5 Å². The number of aromatic amines is 1. The molecule has 0 aliphatic heterocycles. The molecule has 0 bridgehead atoms. The molecule has 2 heterocycles. The summed E-state index contributed by atoms with van der Waals surface area (Å²) in [4.78, 5) is 31.2. The van der Waals surface area contributed by atoms with E-state index in [1.807, 2.05) is 75.3 Å². The van der Waals surface area contributed by atoms with Crippen LogP contribution in [0.25, 0.3) is 33.3 Å². The van der Waals surface area contributed by atoms with Crippen LogP contribution in [0, 0.1) is 25.2 Å². The number of nitriles is 1. The molecular formula is C36H33F3N4O3. The largest absolute Gasteiger partial charge is 0.461 e. The molecule has 0 saturated heterocycles. The van der Waals surface area contributed by atoms with Gasteiger partial charge in [0.1, 0.15) is 17.3 Å². The van der Waals surface area contributed by atoms with Crippen molar-refractivity contribution < 1.29 is 22.7 Å². The quantitative estimate of drug-likeness (QED) is 0.137. The predicted octanol–water partition coefficient (Wildman–Crippen LogP) is 7.33. The lowest BCUT2D eigenvalue weighted by molar-refractivity contribution is -0.137. The molecule has 0 amide bonds. The highest BCUT2D eigenvalue weighted by Crippen LogP contribution is 2.35. The zero-order valence-corrected chi connectivity index (χ0v) is 26.0. The van der Waals surface area contributed by atoms with Crippen LogP contribution in [0.3, 0.4) is 0 Å². The second kappa shape index (κ2) is 13.1. The Morgan fingerprint density at radius 1 is 0.978 bits per heavy atom. The monoisotopic (exact) mass is 626 g/mol. The molecule has 10 heteroatoms. The third-order valence-electron chi connectivity index (χ3n) is 7.86. The highest BCUT2D eigenvalue weighted by atomic mass is 19.4. The fraction of sp³-hybridized carbons (Fsp3) is 0.250. The number of fused-ring (bicyclic) bond motifs is 1. The molecule has 0 aliphatic rings. The molecule has 0 saturated carbocycles.